The largest absolute Gasteiger partial charge is 0.352 e. The van der Waals surface area contributed by atoms with Gasteiger partial charge < -0.3 is 10.2 Å². The summed E-state index contributed by atoms with van der Waals surface area (Å²) in [5.74, 6) is 0.0226. The lowest BCUT2D eigenvalue weighted by Crippen LogP contribution is -2.42. The quantitative estimate of drug-likeness (QED) is 0.826. The minimum absolute atomic E-state index is 0.0226. The van der Waals surface area contributed by atoms with Crippen LogP contribution in [0.3, 0.4) is 0 Å². The first kappa shape index (κ1) is 16.2. The highest BCUT2D eigenvalue weighted by Gasteiger charge is 2.10. The van der Waals surface area contributed by atoms with Crippen LogP contribution in [0.25, 0.3) is 0 Å². The third-order valence-electron chi connectivity index (χ3n) is 3.28. The maximum absolute atomic E-state index is 11.9. The van der Waals surface area contributed by atoms with Gasteiger partial charge in [-0.25, -0.2) is 0 Å². The first-order chi connectivity index (χ1) is 9.58. The Balaban J connectivity index is 2.44. The SMILES string of the molecule is CCN(CC)CC(C)NC(=O)Cc1ccc(C#N)cc1. The van der Waals surface area contributed by atoms with E-state index in [1.807, 2.05) is 19.1 Å². The van der Waals surface area contributed by atoms with Gasteiger partial charge in [0.15, 0.2) is 0 Å². The summed E-state index contributed by atoms with van der Waals surface area (Å²) in [5, 5.41) is 11.7. The summed E-state index contributed by atoms with van der Waals surface area (Å²) in [6.45, 7) is 9.11. The van der Waals surface area contributed by atoms with Gasteiger partial charge >= 0.3 is 0 Å². The van der Waals surface area contributed by atoms with Gasteiger partial charge in [0.25, 0.3) is 0 Å². The fourth-order valence-corrected chi connectivity index (χ4v) is 2.12. The number of hydrogen-bond acceptors (Lipinski definition) is 3. The van der Waals surface area contributed by atoms with E-state index < -0.39 is 0 Å². The normalized spacial score (nSPS) is 11.9. The van der Waals surface area contributed by atoms with Gasteiger partial charge in [-0.15, -0.1) is 0 Å². The van der Waals surface area contributed by atoms with Crippen molar-refractivity contribution in [2.24, 2.45) is 0 Å². The van der Waals surface area contributed by atoms with E-state index in [1.54, 1.807) is 12.1 Å². The Hall–Kier alpha value is -1.86. The van der Waals surface area contributed by atoms with E-state index >= 15 is 0 Å². The molecule has 108 valence electrons. The number of nitriles is 1. The lowest BCUT2D eigenvalue weighted by atomic mass is 10.1. The van der Waals surface area contributed by atoms with Gasteiger partial charge in [0.2, 0.25) is 5.91 Å². The number of likely N-dealkylation sites (N-methyl/N-ethyl adjacent to an activating group) is 1. The zero-order valence-electron chi connectivity index (χ0n) is 12.5. The molecule has 1 rings (SSSR count). The van der Waals surface area contributed by atoms with E-state index in [4.69, 9.17) is 5.26 Å². The van der Waals surface area contributed by atoms with Crippen molar-refractivity contribution in [2.45, 2.75) is 33.2 Å². The van der Waals surface area contributed by atoms with Crippen LogP contribution in [-0.4, -0.2) is 36.5 Å². The molecule has 0 aliphatic heterocycles. The summed E-state index contributed by atoms with van der Waals surface area (Å²) in [4.78, 5) is 14.2. The number of carbonyl (C=O) groups excluding carboxylic acids is 1. The second kappa shape index (κ2) is 8.34. The smallest absolute Gasteiger partial charge is 0.224 e. The molecule has 20 heavy (non-hydrogen) atoms. The van der Waals surface area contributed by atoms with E-state index in [2.05, 4.69) is 30.1 Å². The van der Waals surface area contributed by atoms with E-state index in [0.29, 0.717) is 12.0 Å². The second-order valence-corrected chi connectivity index (χ2v) is 4.94. The van der Waals surface area contributed by atoms with Crippen LogP contribution < -0.4 is 5.32 Å². The molecule has 4 heteroatoms. The minimum atomic E-state index is 0.0226. The maximum Gasteiger partial charge on any atom is 0.224 e. The Morgan fingerprint density at radius 3 is 2.40 bits per heavy atom. The zero-order valence-corrected chi connectivity index (χ0v) is 12.5. The molecule has 1 amide bonds. The van der Waals surface area contributed by atoms with Crippen molar-refractivity contribution < 1.29 is 4.79 Å². The monoisotopic (exact) mass is 273 g/mol. The van der Waals surface area contributed by atoms with Crippen molar-refractivity contribution >= 4 is 5.91 Å². The van der Waals surface area contributed by atoms with Crippen molar-refractivity contribution in [1.82, 2.24) is 10.2 Å². The fraction of sp³-hybridized carbons (Fsp3) is 0.500. The topological polar surface area (TPSA) is 56.1 Å². The predicted octanol–water partition coefficient (Wildman–Crippen LogP) is 1.95. The highest BCUT2D eigenvalue weighted by molar-refractivity contribution is 5.78. The Kier molecular flexibility index (Phi) is 6.75. The number of hydrogen-bond donors (Lipinski definition) is 1. The van der Waals surface area contributed by atoms with Crippen molar-refractivity contribution in [3.63, 3.8) is 0 Å². The number of rotatable bonds is 7. The molecular weight excluding hydrogens is 250 g/mol. The molecule has 0 heterocycles. The molecule has 0 saturated heterocycles. The lowest BCUT2D eigenvalue weighted by molar-refractivity contribution is -0.121. The maximum atomic E-state index is 11.9. The van der Waals surface area contributed by atoms with Crippen molar-refractivity contribution in [3.8, 4) is 6.07 Å². The molecule has 0 aromatic heterocycles. The summed E-state index contributed by atoms with van der Waals surface area (Å²) in [6, 6.07) is 9.34. The average Bonchev–Trinajstić information content (AvgIpc) is 2.45. The molecule has 0 saturated carbocycles. The molecule has 0 spiro atoms. The zero-order chi connectivity index (χ0) is 15.0. The Morgan fingerprint density at radius 2 is 1.90 bits per heavy atom. The summed E-state index contributed by atoms with van der Waals surface area (Å²) < 4.78 is 0. The summed E-state index contributed by atoms with van der Waals surface area (Å²) in [6.07, 6.45) is 0.355. The third kappa shape index (κ3) is 5.41. The van der Waals surface area contributed by atoms with Gasteiger partial charge in [-0.2, -0.15) is 5.26 Å². The van der Waals surface area contributed by atoms with Crippen molar-refractivity contribution in [3.05, 3.63) is 35.4 Å². The molecule has 0 bridgehead atoms. The highest BCUT2D eigenvalue weighted by atomic mass is 16.1. The van der Waals surface area contributed by atoms with Crippen LogP contribution in [0.1, 0.15) is 31.9 Å². The van der Waals surface area contributed by atoms with Crippen LogP contribution in [0.4, 0.5) is 0 Å². The van der Waals surface area contributed by atoms with Gasteiger partial charge in [0.05, 0.1) is 18.1 Å². The van der Waals surface area contributed by atoms with Gasteiger partial charge in [-0.1, -0.05) is 26.0 Å². The summed E-state index contributed by atoms with van der Waals surface area (Å²) >= 11 is 0. The number of amides is 1. The van der Waals surface area contributed by atoms with E-state index in [0.717, 1.165) is 25.2 Å². The van der Waals surface area contributed by atoms with Crippen molar-refractivity contribution in [1.29, 1.82) is 5.26 Å². The molecule has 0 fully saturated rings. The molecule has 0 aliphatic rings. The lowest BCUT2D eigenvalue weighted by Gasteiger charge is -2.23. The van der Waals surface area contributed by atoms with Crippen LogP contribution in [0.5, 0.6) is 0 Å². The van der Waals surface area contributed by atoms with Crippen LogP contribution >= 0.6 is 0 Å². The van der Waals surface area contributed by atoms with Gasteiger partial charge in [-0.05, 0) is 37.7 Å². The second-order valence-electron chi connectivity index (χ2n) is 4.94. The number of benzene rings is 1. The standard InChI is InChI=1S/C16H23N3O/c1-4-19(5-2)12-13(3)18-16(20)10-14-6-8-15(11-17)9-7-14/h6-9,13H,4-5,10,12H2,1-3H3,(H,18,20). The van der Waals surface area contributed by atoms with Crippen LogP contribution in [0.15, 0.2) is 24.3 Å². The summed E-state index contributed by atoms with van der Waals surface area (Å²) in [7, 11) is 0. The Bertz CT molecular complexity index is 458. The number of carbonyl (C=O) groups is 1. The third-order valence-corrected chi connectivity index (χ3v) is 3.28. The van der Waals surface area contributed by atoms with E-state index in [1.165, 1.54) is 0 Å². The Morgan fingerprint density at radius 1 is 1.30 bits per heavy atom. The molecule has 1 aromatic rings. The molecule has 1 N–H and O–H groups in total. The molecule has 0 aliphatic carbocycles. The molecule has 4 nitrogen and oxygen atoms in total. The summed E-state index contributed by atoms with van der Waals surface area (Å²) in [5.41, 5.74) is 1.54. The molecule has 1 aromatic carbocycles. The van der Waals surface area contributed by atoms with Gasteiger partial charge in [0, 0.05) is 12.6 Å². The first-order valence-electron chi connectivity index (χ1n) is 7.09. The number of nitrogens with zero attached hydrogens (tertiary/aromatic N) is 2. The van der Waals surface area contributed by atoms with E-state index in [-0.39, 0.29) is 11.9 Å². The van der Waals surface area contributed by atoms with Crippen molar-refractivity contribution in [2.75, 3.05) is 19.6 Å². The molecular formula is C16H23N3O. The van der Waals surface area contributed by atoms with E-state index in [9.17, 15) is 4.79 Å². The first-order valence-corrected chi connectivity index (χ1v) is 7.09. The molecule has 1 atom stereocenters. The van der Waals surface area contributed by atoms with Crippen LogP contribution in [-0.2, 0) is 11.2 Å². The average molecular weight is 273 g/mol. The predicted molar refractivity (Wildman–Crippen MR) is 80.3 cm³/mol. The molecule has 1 unspecified atom stereocenters. The molecule has 0 radical (unpaired) electrons. The van der Waals surface area contributed by atoms with Gasteiger partial charge in [0.1, 0.15) is 0 Å². The minimum Gasteiger partial charge on any atom is -0.352 e. The highest BCUT2D eigenvalue weighted by Crippen LogP contribution is 2.04. The fourth-order valence-electron chi connectivity index (χ4n) is 2.12. The van der Waals surface area contributed by atoms with Crippen LogP contribution in [0.2, 0.25) is 0 Å². The Labute approximate surface area is 121 Å². The van der Waals surface area contributed by atoms with Crippen LogP contribution in [0, 0.1) is 11.3 Å². The number of nitrogens with one attached hydrogen (secondary N) is 1. The van der Waals surface area contributed by atoms with Gasteiger partial charge in [-0.3, -0.25) is 4.79 Å².